The smallest absolute Gasteiger partial charge is 0.236 e. The van der Waals surface area contributed by atoms with Crippen molar-refractivity contribution >= 4 is 25.3 Å². The summed E-state index contributed by atoms with van der Waals surface area (Å²) in [5.41, 5.74) is 1.44. The van der Waals surface area contributed by atoms with Crippen molar-refractivity contribution in [3.63, 3.8) is 0 Å². The van der Waals surface area contributed by atoms with Crippen LogP contribution in [-0.2, 0) is 0 Å². The van der Waals surface area contributed by atoms with Gasteiger partial charge in [0.15, 0.2) is 5.82 Å². The highest BCUT2D eigenvalue weighted by atomic mass is 15.2. The van der Waals surface area contributed by atoms with Gasteiger partial charge in [0, 0.05) is 11.9 Å². The summed E-state index contributed by atoms with van der Waals surface area (Å²) in [6, 6.07) is 0. The molecule has 0 saturated heterocycles. The lowest BCUT2D eigenvalue weighted by atomic mass is 10.1. The lowest BCUT2D eigenvalue weighted by Gasteiger charge is -2.26. The standard InChI is InChI=1S/C8H7BN4/c1-5-7-3-10-4-11-8(7)12-6(2)13(5)9/h3-4H,1H2,2H3. The second-order valence-corrected chi connectivity index (χ2v) is 2.74. The van der Waals surface area contributed by atoms with Crippen molar-refractivity contribution in [1.82, 2.24) is 14.8 Å². The van der Waals surface area contributed by atoms with E-state index in [1.165, 1.54) is 11.1 Å². The van der Waals surface area contributed by atoms with Crippen molar-refractivity contribution in [2.75, 3.05) is 0 Å². The highest BCUT2D eigenvalue weighted by Gasteiger charge is 2.17. The van der Waals surface area contributed by atoms with Crippen molar-refractivity contribution in [1.29, 1.82) is 0 Å². The predicted octanol–water partition coefficient (Wildman–Crippen LogP) is 0.896. The van der Waals surface area contributed by atoms with E-state index in [1.807, 2.05) is 0 Å². The zero-order valence-corrected chi connectivity index (χ0v) is 7.23. The molecule has 0 bridgehead atoms. The Morgan fingerprint density at radius 2 is 2.31 bits per heavy atom. The Bertz CT molecular complexity index is 399. The summed E-state index contributed by atoms with van der Waals surface area (Å²) in [6.45, 7) is 5.63. The summed E-state index contributed by atoms with van der Waals surface area (Å²) in [6.07, 6.45) is 3.11. The summed E-state index contributed by atoms with van der Waals surface area (Å²) in [4.78, 5) is 13.5. The van der Waals surface area contributed by atoms with Gasteiger partial charge in [-0.15, -0.1) is 0 Å². The van der Waals surface area contributed by atoms with Gasteiger partial charge in [-0.25, -0.2) is 15.0 Å². The third-order valence-corrected chi connectivity index (χ3v) is 1.91. The zero-order chi connectivity index (χ0) is 9.42. The number of amidine groups is 1. The number of fused-ring (bicyclic) bond motifs is 1. The van der Waals surface area contributed by atoms with Crippen molar-refractivity contribution in [2.45, 2.75) is 6.92 Å². The monoisotopic (exact) mass is 170 g/mol. The van der Waals surface area contributed by atoms with Gasteiger partial charge in [-0.3, -0.25) is 0 Å². The number of aliphatic imine (C=N–C) groups is 1. The minimum atomic E-state index is 0.624. The average Bonchev–Trinajstić information content (AvgIpc) is 2.15. The first-order valence-corrected chi connectivity index (χ1v) is 3.79. The van der Waals surface area contributed by atoms with Crippen LogP contribution in [0.2, 0.25) is 0 Å². The van der Waals surface area contributed by atoms with Gasteiger partial charge in [-0.2, -0.15) is 0 Å². The molecule has 0 N–H and O–H groups in total. The van der Waals surface area contributed by atoms with Gasteiger partial charge in [0.1, 0.15) is 6.33 Å². The van der Waals surface area contributed by atoms with Crippen molar-refractivity contribution in [2.24, 2.45) is 4.99 Å². The maximum absolute atomic E-state index is 5.68. The minimum Gasteiger partial charge on any atom is -0.386 e. The number of hydrogen-bond donors (Lipinski definition) is 0. The molecule has 62 valence electrons. The highest BCUT2D eigenvalue weighted by Crippen LogP contribution is 2.28. The van der Waals surface area contributed by atoms with Crippen LogP contribution in [0.1, 0.15) is 12.5 Å². The summed E-state index contributed by atoms with van der Waals surface area (Å²) >= 11 is 0. The van der Waals surface area contributed by atoms with E-state index < -0.39 is 0 Å². The molecular weight excluding hydrogens is 163 g/mol. The molecule has 1 aliphatic rings. The summed E-state index contributed by atoms with van der Waals surface area (Å²) < 4.78 is 0. The Morgan fingerprint density at radius 3 is 3.08 bits per heavy atom. The van der Waals surface area contributed by atoms with Gasteiger partial charge in [0.25, 0.3) is 0 Å². The summed E-state index contributed by atoms with van der Waals surface area (Å²) in [5.74, 6) is 1.30. The van der Waals surface area contributed by atoms with E-state index in [9.17, 15) is 0 Å². The molecule has 5 heteroatoms. The van der Waals surface area contributed by atoms with Gasteiger partial charge in [-0.1, -0.05) is 6.58 Å². The van der Waals surface area contributed by atoms with E-state index in [0.717, 1.165) is 5.56 Å². The summed E-state index contributed by atoms with van der Waals surface area (Å²) in [5, 5.41) is 0. The number of rotatable bonds is 0. The Hall–Kier alpha value is -1.65. The molecule has 0 atom stereocenters. The van der Waals surface area contributed by atoms with E-state index in [2.05, 4.69) is 21.5 Å². The van der Waals surface area contributed by atoms with Crippen LogP contribution in [0.25, 0.3) is 5.70 Å². The Balaban J connectivity index is 2.63. The second-order valence-electron chi connectivity index (χ2n) is 2.74. The molecule has 0 fully saturated rings. The maximum atomic E-state index is 5.68. The molecule has 4 nitrogen and oxygen atoms in total. The first-order valence-electron chi connectivity index (χ1n) is 3.79. The summed E-state index contributed by atoms with van der Waals surface area (Å²) in [7, 11) is 5.68. The number of aromatic nitrogens is 2. The topological polar surface area (TPSA) is 41.4 Å². The van der Waals surface area contributed by atoms with Gasteiger partial charge >= 0.3 is 0 Å². The molecule has 1 aliphatic heterocycles. The first kappa shape index (κ1) is 7.98. The Morgan fingerprint density at radius 1 is 1.54 bits per heavy atom. The number of hydrogen-bond acceptors (Lipinski definition) is 4. The van der Waals surface area contributed by atoms with Crippen molar-refractivity contribution < 1.29 is 0 Å². The Kier molecular flexibility index (Phi) is 1.65. The molecule has 0 unspecified atom stereocenters. The fourth-order valence-corrected chi connectivity index (χ4v) is 1.15. The molecule has 13 heavy (non-hydrogen) atoms. The van der Waals surface area contributed by atoms with E-state index in [1.54, 1.807) is 13.1 Å². The molecule has 2 heterocycles. The molecule has 0 saturated carbocycles. The van der Waals surface area contributed by atoms with Crippen LogP contribution in [-0.4, -0.2) is 28.6 Å². The van der Waals surface area contributed by atoms with Crippen LogP contribution in [0, 0.1) is 0 Å². The maximum Gasteiger partial charge on any atom is 0.236 e. The fraction of sp³-hybridized carbons (Fsp3) is 0.125. The molecule has 0 aliphatic carbocycles. The lowest BCUT2D eigenvalue weighted by molar-refractivity contribution is 0.895. The Labute approximate surface area is 77.5 Å². The normalized spacial score (nSPS) is 15.3. The lowest BCUT2D eigenvalue weighted by Crippen LogP contribution is -2.26. The van der Waals surface area contributed by atoms with Crippen LogP contribution in [0.4, 0.5) is 5.82 Å². The van der Waals surface area contributed by atoms with E-state index in [-0.39, 0.29) is 0 Å². The first-order chi connectivity index (χ1) is 6.20. The van der Waals surface area contributed by atoms with Crippen molar-refractivity contribution in [3.05, 3.63) is 24.7 Å². The van der Waals surface area contributed by atoms with Gasteiger partial charge in [0.2, 0.25) is 7.98 Å². The molecule has 0 aromatic carbocycles. The van der Waals surface area contributed by atoms with Crippen LogP contribution in [0.3, 0.4) is 0 Å². The molecule has 1 aromatic heterocycles. The molecule has 0 spiro atoms. The minimum absolute atomic E-state index is 0.624. The van der Waals surface area contributed by atoms with Gasteiger partial charge in [0.05, 0.1) is 11.4 Å². The molecule has 2 radical (unpaired) electrons. The van der Waals surface area contributed by atoms with Crippen LogP contribution in [0.5, 0.6) is 0 Å². The number of nitrogens with zero attached hydrogens (tertiary/aromatic N) is 4. The van der Waals surface area contributed by atoms with Crippen LogP contribution < -0.4 is 0 Å². The van der Waals surface area contributed by atoms with Gasteiger partial charge < -0.3 is 4.81 Å². The molecule has 1 aromatic rings. The molecular formula is C8H7BN4. The van der Waals surface area contributed by atoms with E-state index in [0.29, 0.717) is 17.4 Å². The van der Waals surface area contributed by atoms with E-state index >= 15 is 0 Å². The van der Waals surface area contributed by atoms with E-state index in [4.69, 9.17) is 7.98 Å². The predicted molar refractivity (Wildman–Crippen MR) is 51.4 cm³/mol. The third-order valence-electron chi connectivity index (χ3n) is 1.91. The van der Waals surface area contributed by atoms with Gasteiger partial charge in [-0.05, 0) is 6.92 Å². The SMILES string of the molecule is [B]N1C(=C)c2cncnc2N=C1C. The zero-order valence-electron chi connectivity index (χ0n) is 7.23. The fourth-order valence-electron chi connectivity index (χ4n) is 1.15. The average molecular weight is 170 g/mol. The van der Waals surface area contributed by atoms with Crippen molar-refractivity contribution in [3.8, 4) is 0 Å². The molecule has 0 amide bonds. The quantitative estimate of drug-likeness (QED) is 0.543. The second kappa shape index (κ2) is 2.69. The third kappa shape index (κ3) is 1.12. The largest absolute Gasteiger partial charge is 0.386 e. The van der Waals surface area contributed by atoms with Crippen LogP contribution in [0.15, 0.2) is 24.1 Å². The van der Waals surface area contributed by atoms with Crippen LogP contribution >= 0.6 is 0 Å². The highest BCUT2D eigenvalue weighted by molar-refractivity contribution is 6.22. The molecule has 2 rings (SSSR count).